The molecule has 0 aliphatic carbocycles. The van der Waals surface area contributed by atoms with Crippen LogP contribution in [0.5, 0.6) is 5.75 Å². The summed E-state index contributed by atoms with van der Waals surface area (Å²) in [5.74, 6) is -1.57. The maximum Gasteiger partial charge on any atom is 0.301 e. The third kappa shape index (κ3) is 6.29. The highest BCUT2D eigenvalue weighted by molar-refractivity contribution is 8.00. The molecule has 0 saturated carbocycles. The summed E-state index contributed by atoms with van der Waals surface area (Å²) in [6, 6.07) is 18.5. The van der Waals surface area contributed by atoms with Crippen LogP contribution in [-0.4, -0.2) is 33.6 Å². The minimum absolute atomic E-state index is 0.154. The number of aliphatic hydroxyl groups excluding tert-OH is 1. The summed E-state index contributed by atoms with van der Waals surface area (Å²) in [7, 11) is 0. The predicted molar refractivity (Wildman–Crippen MR) is 159 cm³/mol. The van der Waals surface area contributed by atoms with Crippen LogP contribution in [0.3, 0.4) is 0 Å². The number of anilines is 1. The first kappa shape index (κ1) is 28.8. The highest BCUT2D eigenvalue weighted by Crippen LogP contribution is 2.44. The van der Waals surface area contributed by atoms with E-state index in [9.17, 15) is 19.1 Å². The maximum absolute atomic E-state index is 14.3. The van der Waals surface area contributed by atoms with Crippen LogP contribution in [0.15, 0.2) is 82.7 Å². The number of amides is 1. The molecule has 0 bridgehead atoms. The summed E-state index contributed by atoms with van der Waals surface area (Å²) in [6.07, 6.45) is 1.90. The van der Waals surface area contributed by atoms with E-state index in [2.05, 4.69) is 17.1 Å². The van der Waals surface area contributed by atoms with Crippen molar-refractivity contribution in [3.63, 3.8) is 0 Å². The van der Waals surface area contributed by atoms with E-state index in [-0.39, 0.29) is 16.5 Å². The largest absolute Gasteiger partial charge is 0.507 e. The molecule has 1 amide bonds. The van der Waals surface area contributed by atoms with Gasteiger partial charge in [0.15, 0.2) is 4.34 Å². The van der Waals surface area contributed by atoms with Gasteiger partial charge in [-0.2, -0.15) is 0 Å². The Hall–Kier alpha value is -3.73. The number of hydrogen-bond acceptors (Lipinski definition) is 8. The molecule has 0 spiro atoms. The number of ether oxygens (including phenoxy) is 1. The van der Waals surface area contributed by atoms with Crippen molar-refractivity contribution in [1.82, 2.24) is 10.2 Å². The zero-order valence-corrected chi connectivity index (χ0v) is 24.3. The average Bonchev–Trinajstić information content (AvgIpc) is 3.54. The van der Waals surface area contributed by atoms with Crippen molar-refractivity contribution in [3.8, 4) is 5.75 Å². The van der Waals surface area contributed by atoms with E-state index in [1.807, 2.05) is 18.2 Å². The number of benzene rings is 3. The molecular weight excluding hydrogens is 585 g/mol. The number of unbranched alkanes of at least 4 members (excludes halogenated alkanes) is 1. The van der Waals surface area contributed by atoms with Gasteiger partial charge in [-0.15, -0.1) is 10.2 Å². The van der Waals surface area contributed by atoms with Gasteiger partial charge < -0.3 is 9.84 Å². The Labute approximate surface area is 249 Å². The molecular formula is C30H25ClFN3O4S2. The van der Waals surface area contributed by atoms with Crippen molar-refractivity contribution < 1.29 is 23.8 Å². The van der Waals surface area contributed by atoms with Gasteiger partial charge in [0.25, 0.3) is 5.78 Å². The second-order valence-corrected chi connectivity index (χ2v) is 11.8. The second kappa shape index (κ2) is 12.8. The summed E-state index contributed by atoms with van der Waals surface area (Å²) in [6.45, 7) is 2.63. The van der Waals surface area contributed by atoms with Crippen LogP contribution in [0.1, 0.15) is 42.5 Å². The molecule has 1 aliphatic rings. The van der Waals surface area contributed by atoms with E-state index in [4.69, 9.17) is 16.3 Å². The Morgan fingerprint density at radius 1 is 1.10 bits per heavy atom. The molecule has 1 unspecified atom stereocenters. The molecule has 1 aromatic heterocycles. The SMILES string of the molecule is CCCCOc1ccc(/C(O)=C2/C(=O)C(=O)N(c3nnc(SCc4ccccc4Cl)s3)C2c2cccc(F)c2)cc1. The van der Waals surface area contributed by atoms with Gasteiger partial charge in [0.1, 0.15) is 17.3 Å². The average molecular weight is 610 g/mol. The molecule has 41 heavy (non-hydrogen) atoms. The number of carbonyl (C=O) groups excluding carboxylic acids is 2. The van der Waals surface area contributed by atoms with Crippen LogP contribution in [0.4, 0.5) is 9.52 Å². The van der Waals surface area contributed by atoms with Gasteiger partial charge in [-0.05, 0) is 60.0 Å². The number of rotatable bonds is 10. The lowest BCUT2D eigenvalue weighted by Gasteiger charge is -2.22. The van der Waals surface area contributed by atoms with Crippen molar-refractivity contribution in [2.75, 3.05) is 11.5 Å². The molecule has 1 saturated heterocycles. The number of thioether (sulfide) groups is 1. The highest BCUT2D eigenvalue weighted by atomic mass is 35.5. The molecule has 3 aromatic carbocycles. The van der Waals surface area contributed by atoms with Crippen LogP contribution in [0, 0.1) is 5.82 Å². The Bertz CT molecular complexity index is 1610. The first-order chi connectivity index (χ1) is 19.9. The van der Waals surface area contributed by atoms with Gasteiger partial charge in [-0.25, -0.2) is 4.39 Å². The lowest BCUT2D eigenvalue weighted by atomic mass is 9.95. The molecule has 1 atom stereocenters. The fourth-order valence-corrected chi connectivity index (χ4v) is 6.49. The molecule has 0 radical (unpaired) electrons. The van der Waals surface area contributed by atoms with E-state index in [1.165, 1.54) is 34.9 Å². The van der Waals surface area contributed by atoms with Crippen molar-refractivity contribution in [2.24, 2.45) is 0 Å². The van der Waals surface area contributed by atoms with Crippen molar-refractivity contribution >= 4 is 57.3 Å². The maximum atomic E-state index is 14.3. The third-order valence-corrected chi connectivity index (χ3v) is 8.89. The van der Waals surface area contributed by atoms with Gasteiger partial charge in [0, 0.05) is 16.3 Å². The molecule has 2 heterocycles. The topological polar surface area (TPSA) is 92.6 Å². The Morgan fingerprint density at radius 2 is 1.88 bits per heavy atom. The molecule has 210 valence electrons. The van der Waals surface area contributed by atoms with Gasteiger partial charge >= 0.3 is 5.91 Å². The molecule has 1 fully saturated rings. The molecule has 11 heteroatoms. The van der Waals surface area contributed by atoms with Crippen LogP contribution >= 0.6 is 34.7 Å². The minimum Gasteiger partial charge on any atom is -0.507 e. The van der Waals surface area contributed by atoms with Crippen LogP contribution < -0.4 is 9.64 Å². The number of nitrogens with zero attached hydrogens (tertiary/aromatic N) is 3. The van der Waals surface area contributed by atoms with E-state index in [0.717, 1.165) is 29.7 Å². The summed E-state index contributed by atoms with van der Waals surface area (Å²) >= 11 is 8.77. The second-order valence-electron chi connectivity index (χ2n) is 9.18. The Balaban J connectivity index is 1.49. The third-order valence-electron chi connectivity index (χ3n) is 6.41. The fourth-order valence-electron chi connectivity index (χ4n) is 4.33. The van der Waals surface area contributed by atoms with Gasteiger partial charge in [-0.1, -0.05) is 78.4 Å². The number of ketones is 1. The normalized spacial score (nSPS) is 16.4. The van der Waals surface area contributed by atoms with E-state index in [0.29, 0.717) is 38.6 Å². The number of aliphatic hydroxyl groups is 1. The summed E-state index contributed by atoms with van der Waals surface area (Å²) in [5.41, 5.74) is 1.38. The first-order valence-corrected chi connectivity index (χ1v) is 15.0. The molecule has 7 nitrogen and oxygen atoms in total. The van der Waals surface area contributed by atoms with Crippen molar-refractivity contribution in [2.45, 2.75) is 35.9 Å². The van der Waals surface area contributed by atoms with Gasteiger partial charge in [0.2, 0.25) is 5.13 Å². The smallest absolute Gasteiger partial charge is 0.301 e. The standard InChI is InChI=1S/C30H25ClFN3O4S2/c1-2-3-15-39-22-13-11-18(12-14-22)26(36)24-25(19-8-6-9-21(32)16-19)35(28(38)27(24)37)29-33-34-30(41-29)40-17-20-7-4-5-10-23(20)31/h4-14,16,25,36H,2-3,15,17H2,1H3/b26-24-. The highest BCUT2D eigenvalue weighted by Gasteiger charge is 2.48. The van der Waals surface area contributed by atoms with E-state index < -0.39 is 23.5 Å². The van der Waals surface area contributed by atoms with Crippen LogP contribution in [-0.2, 0) is 15.3 Å². The first-order valence-electron chi connectivity index (χ1n) is 12.9. The van der Waals surface area contributed by atoms with Crippen molar-refractivity contribution in [1.29, 1.82) is 0 Å². The van der Waals surface area contributed by atoms with Crippen molar-refractivity contribution in [3.05, 3.63) is 106 Å². The predicted octanol–water partition coefficient (Wildman–Crippen LogP) is 7.43. The van der Waals surface area contributed by atoms with Crippen LogP contribution in [0.25, 0.3) is 5.76 Å². The zero-order chi connectivity index (χ0) is 28.9. The van der Waals surface area contributed by atoms with Gasteiger partial charge in [0.05, 0.1) is 18.2 Å². The molecule has 5 rings (SSSR count). The number of aromatic nitrogens is 2. The lowest BCUT2D eigenvalue weighted by molar-refractivity contribution is -0.132. The zero-order valence-electron chi connectivity index (χ0n) is 21.9. The monoisotopic (exact) mass is 609 g/mol. The molecule has 4 aromatic rings. The molecule has 1 N–H and O–H groups in total. The van der Waals surface area contributed by atoms with Gasteiger partial charge in [-0.3, -0.25) is 14.5 Å². The number of halogens is 2. The summed E-state index contributed by atoms with van der Waals surface area (Å²) in [5, 5.41) is 20.5. The summed E-state index contributed by atoms with van der Waals surface area (Å²) in [4.78, 5) is 27.9. The Kier molecular flexibility index (Phi) is 9.02. The minimum atomic E-state index is -1.11. The Morgan fingerprint density at radius 3 is 2.61 bits per heavy atom. The lowest BCUT2D eigenvalue weighted by Crippen LogP contribution is -2.29. The summed E-state index contributed by atoms with van der Waals surface area (Å²) < 4.78 is 20.6. The number of hydrogen-bond donors (Lipinski definition) is 1. The fraction of sp³-hybridized carbons (Fsp3) is 0.200. The quantitative estimate of drug-likeness (QED) is 0.0499. The number of Topliss-reactive ketones (excluding diaryl/α,β-unsaturated/α-hetero) is 1. The number of carbonyl (C=O) groups is 2. The van der Waals surface area contributed by atoms with Crippen LogP contribution in [0.2, 0.25) is 5.02 Å². The molecule has 1 aliphatic heterocycles. The van der Waals surface area contributed by atoms with E-state index >= 15 is 0 Å². The van der Waals surface area contributed by atoms with E-state index in [1.54, 1.807) is 36.4 Å².